The number of ether oxygens (including phenoxy) is 1. The molecule has 28 heavy (non-hydrogen) atoms. The fourth-order valence-corrected chi connectivity index (χ4v) is 4.59. The quantitative estimate of drug-likeness (QED) is 0.664. The Balaban J connectivity index is 1.65. The van der Waals surface area contributed by atoms with Crippen molar-refractivity contribution in [1.29, 1.82) is 0 Å². The molecule has 1 heterocycles. The standard InChI is InChI=1S/C23H33ClN2O2/c1-15(2)13-26(14-16(3)4)17-5-7-18(8-6-17)28-21-10-9-20-19(22(21)24)11-12-25-23(20)27/h9-12,15-18H,5-8,13-14H2,1-4H3,(H,25,27). The van der Waals surface area contributed by atoms with E-state index in [2.05, 4.69) is 37.6 Å². The molecule has 5 heteroatoms. The Morgan fingerprint density at radius 3 is 2.29 bits per heavy atom. The van der Waals surface area contributed by atoms with Crippen molar-refractivity contribution in [1.82, 2.24) is 9.88 Å². The number of nitrogens with zero attached hydrogens (tertiary/aromatic N) is 1. The smallest absolute Gasteiger partial charge is 0.255 e. The number of hydrogen-bond acceptors (Lipinski definition) is 3. The molecular formula is C23H33ClN2O2. The molecule has 1 aromatic carbocycles. The average Bonchev–Trinajstić information content (AvgIpc) is 2.64. The van der Waals surface area contributed by atoms with Crippen LogP contribution in [0.2, 0.25) is 5.02 Å². The summed E-state index contributed by atoms with van der Waals surface area (Å²) in [4.78, 5) is 17.3. The summed E-state index contributed by atoms with van der Waals surface area (Å²) in [6.45, 7) is 11.5. The van der Waals surface area contributed by atoms with Crippen molar-refractivity contribution in [2.45, 2.75) is 65.5 Å². The van der Waals surface area contributed by atoms with Crippen LogP contribution in [-0.4, -0.2) is 35.1 Å². The molecular weight excluding hydrogens is 372 g/mol. The van der Waals surface area contributed by atoms with Crippen molar-refractivity contribution in [2.75, 3.05) is 13.1 Å². The summed E-state index contributed by atoms with van der Waals surface area (Å²) < 4.78 is 6.26. The third kappa shape index (κ3) is 5.09. The van der Waals surface area contributed by atoms with Gasteiger partial charge in [-0.2, -0.15) is 0 Å². The minimum Gasteiger partial charge on any atom is -0.489 e. The minimum absolute atomic E-state index is 0.123. The third-order valence-electron chi connectivity index (χ3n) is 5.51. The predicted molar refractivity (Wildman–Crippen MR) is 117 cm³/mol. The molecule has 1 aliphatic rings. The molecule has 1 aromatic heterocycles. The fraction of sp³-hybridized carbons (Fsp3) is 0.609. The molecule has 0 amide bonds. The zero-order chi connectivity index (χ0) is 20.3. The van der Waals surface area contributed by atoms with E-state index in [1.54, 1.807) is 12.3 Å². The Morgan fingerprint density at radius 2 is 1.68 bits per heavy atom. The third-order valence-corrected chi connectivity index (χ3v) is 5.90. The molecule has 0 unspecified atom stereocenters. The summed E-state index contributed by atoms with van der Waals surface area (Å²) in [7, 11) is 0. The first-order valence-electron chi connectivity index (χ1n) is 10.6. The van der Waals surface area contributed by atoms with Crippen molar-refractivity contribution in [3.05, 3.63) is 39.8 Å². The van der Waals surface area contributed by atoms with Crippen molar-refractivity contribution in [2.24, 2.45) is 11.8 Å². The van der Waals surface area contributed by atoms with E-state index in [0.29, 0.717) is 34.0 Å². The predicted octanol–water partition coefficient (Wildman–Crippen LogP) is 5.49. The van der Waals surface area contributed by atoms with Crippen molar-refractivity contribution in [3.63, 3.8) is 0 Å². The number of nitrogens with one attached hydrogen (secondary N) is 1. The molecule has 3 rings (SSSR count). The summed E-state index contributed by atoms with van der Waals surface area (Å²) in [6, 6.07) is 6.11. The molecule has 1 fully saturated rings. The lowest BCUT2D eigenvalue weighted by molar-refractivity contribution is 0.0745. The lowest BCUT2D eigenvalue weighted by Crippen LogP contribution is -2.43. The summed E-state index contributed by atoms with van der Waals surface area (Å²) in [5, 5.41) is 1.88. The van der Waals surface area contributed by atoms with E-state index in [1.807, 2.05) is 12.1 Å². The van der Waals surface area contributed by atoms with E-state index in [0.717, 1.165) is 31.1 Å². The molecule has 0 radical (unpaired) electrons. The number of pyridine rings is 1. The summed E-state index contributed by atoms with van der Waals surface area (Å²) in [6.07, 6.45) is 6.23. The van der Waals surface area contributed by atoms with Gasteiger partial charge in [-0.15, -0.1) is 0 Å². The van der Waals surface area contributed by atoms with Gasteiger partial charge in [0, 0.05) is 36.1 Å². The SMILES string of the molecule is CC(C)CN(CC(C)C)C1CCC(Oc2ccc3c(=O)[nH]ccc3c2Cl)CC1. The molecule has 0 bridgehead atoms. The van der Waals surface area contributed by atoms with Crippen LogP contribution in [0.15, 0.2) is 29.2 Å². The maximum atomic E-state index is 11.9. The molecule has 0 atom stereocenters. The molecule has 1 aliphatic carbocycles. The first-order chi connectivity index (χ1) is 13.3. The van der Waals surface area contributed by atoms with E-state index >= 15 is 0 Å². The van der Waals surface area contributed by atoms with Crippen LogP contribution in [0.5, 0.6) is 5.75 Å². The van der Waals surface area contributed by atoms with Gasteiger partial charge < -0.3 is 9.72 Å². The van der Waals surface area contributed by atoms with E-state index < -0.39 is 0 Å². The maximum Gasteiger partial charge on any atom is 0.255 e. The topological polar surface area (TPSA) is 45.3 Å². The van der Waals surface area contributed by atoms with Crippen LogP contribution >= 0.6 is 11.6 Å². The summed E-state index contributed by atoms with van der Waals surface area (Å²) in [5.41, 5.74) is -0.123. The van der Waals surface area contributed by atoms with Gasteiger partial charge in [-0.1, -0.05) is 39.3 Å². The molecule has 1 saturated carbocycles. The van der Waals surface area contributed by atoms with Gasteiger partial charge in [0.05, 0.1) is 11.1 Å². The number of rotatable bonds is 7. The van der Waals surface area contributed by atoms with Crippen LogP contribution in [0.4, 0.5) is 0 Å². The molecule has 0 aliphatic heterocycles. The average molecular weight is 405 g/mol. The molecule has 1 N–H and O–H groups in total. The first kappa shape index (κ1) is 21.2. The summed E-state index contributed by atoms with van der Waals surface area (Å²) in [5.74, 6) is 2.06. The van der Waals surface area contributed by atoms with Gasteiger partial charge in [0.2, 0.25) is 0 Å². The normalized spacial score (nSPS) is 20.4. The lowest BCUT2D eigenvalue weighted by Gasteiger charge is -2.38. The zero-order valence-corrected chi connectivity index (χ0v) is 18.3. The second kappa shape index (κ2) is 9.32. The van der Waals surface area contributed by atoms with Gasteiger partial charge in [-0.05, 0) is 55.7 Å². The van der Waals surface area contributed by atoms with Crippen molar-refractivity contribution < 1.29 is 4.74 Å². The van der Waals surface area contributed by atoms with E-state index in [9.17, 15) is 4.79 Å². The van der Waals surface area contributed by atoms with Crippen LogP contribution in [-0.2, 0) is 0 Å². The second-order valence-electron chi connectivity index (χ2n) is 8.94. The van der Waals surface area contributed by atoms with Crippen LogP contribution in [0, 0.1) is 11.8 Å². The zero-order valence-electron chi connectivity index (χ0n) is 17.5. The molecule has 154 valence electrons. The molecule has 0 saturated heterocycles. The van der Waals surface area contributed by atoms with Gasteiger partial charge in [0.15, 0.2) is 0 Å². The highest BCUT2D eigenvalue weighted by Crippen LogP contribution is 2.34. The number of aromatic amines is 1. The number of benzene rings is 1. The van der Waals surface area contributed by atoms with Crippen LogP contribution in [0.1, 0.15) is 53.4 Å². The van der Waals surface area contributed by atoms with Crippen molar-refractivity contribution >= 4 is 22.4 Å². The second-order valence-corrected chi connectivity index (χ2v) is 9.31. The molecule has 0 spiro atoms. The van der Waals surface area contributed by atoms with E-state index in [4.69, 9.17) is 16.3 Å². The van der Waals surface area contributed by atoms with Gasteiger partial charge in [-0.3, -0.25) is 9.69 Å². The van der Waals surface area contributed by atoms with Crippen LogP contribution in [0.3, 0.4) is 0 Å². The Morgan fingerprint density at radius 1 is 1.04 bits per heavy atom. The number of H-pyrrole nitrogens is 1. The Labute approximate surface area is 173 Å². The molecule has 4 nitrogen and oxygen atoms in total. The lowest BCUT2D eigenvalue weighted by atomic mass is 9.90. The monoisotopic (exact) mass is 404 g/mol. The Kier molecular flexibility index (Phi) is 7.05. The van der Waals surface area contributed by atoms with E-state index in [1.165, 1.54) is 13.1 Å². The number of hydrogen-bond donors (Lipinski definition) is 1. The fourth-order valence-electron chi connectivity index (χ4n) is 4.32. The van der Waals surface area contributed by atoms with Gasteiger partial charge in [0.1, 0.15) is 5.75 Å². The van der Waals surface area contributed by atoms with Gasteiger partial charge in [0.25, 0.3) is 5.56 Å². The van der Waals surface area contributed by atoms with Gasteiger partial charge >= 0.3 is 0 Å². The number of halogens is 1. The number of fused-ring (bicyclic) bond motifs is 1. The van der Waals surface area contributed by atoms with Crippen LogP contribution in [0.25, 0.3) is 10.8 Å². The number of aromatic nitrogens is 1. The van der Waals surface area contributed by atoms with Crippen LogP contribution < -0.4 is 10.3 Å². The highest BCUT2D eigenvalue weighted by molar-refractivity contribution is 6.37. The van der Waals surface area contributed by atoms with Crippen molar-refractivity contribution in [3.8, 4) is 5.75 Å². The summed E-state index contributed by atoms with van der Waals surface area (Å²) >= 11 is 6.54. The Bertz CT molecular complexity index is 828. The van der Waals surface area contributed by atoms with E-state index in [-0.39, 0.29) is 11.7 Å². The molecule has 2 aromatic rings. The first-order valence-corrected chi connectivity index (χ1v) is 10.9. The maximum absolute atomic E-state index is 11.9. The highest BCUT2D eigenvalue weighted by Gasteiger charge is 2.28. The highest BCUT2D eigenvalue weighted by atomic mass is 35.5. The Hall–Kier alpha value is -1.52. The largest absolute Gasteiger partial charge is 0.489 e. The minimum atomic E-state index is -0.123. The van der Waals surface area contributed by atoms with Gasteiger partial charge in [-0.25, -0.2) is 0 Å².